The molecule has 0 radical (unpaired) electrons. The summed E-state index contributed by atoms with van der Waals surface area (Å²) in [5.74, 6) is 1.65. The zero-order valence-corrected chi connectivity index (χ0v) is 18.3. The number of aromatic nitrogens is 2. The lowest BCUT2D eigenvalue weighted by Crippen LogP contribution is -2.48. The summed E-state index contributed by atoms with van der Waals surface area (Å²) in [7, 11) is 0. The Kier molecular flexibility index (Phi) is 5.94. The van der Waals surface area contributed by atoms with Crippen molar-refractivity contribution in [2.24, 2.45) is 0 Å². The average Bonchev–Trinajstić information content (AvgIpc) is 3.20. The van der Waals surface area contributed by atoms with Crippen molar-refractivity contribution >= 4 is 45.0 Å². The highest BCUT2D eigenvalue weighted by molar-refractivity contribution is 7.18. The highest BCUT2D eigenvalue weighted by Gasteiger charge is 2.23. The van der Waals surface area contributed by atoms with Gasteiger partial charge in [-0.25, -0.2) is 9.97 Å². The van der Waals surface area contributed by atoms with Gasteiger partial charge in [0, 0.05) is 49.3 Å². The molecule has 1 amide bonds. The quantitative estimate of drug-likeness (QED) is 0.342. The van der Waals surface area contributed by atoms with Crippen LogP contribution in [0.2, 0.25) is 0 Å². The molecule has 2 aromatic heterocycles. The first kappa shape index (κ1) is 20.9. The summed E-state index contributed by atoms with van der Waals surface area (Å²) in [4.78, 5) is 38.5. The number of piperazine rings is 1. The first-order chi connectivity index (χ1) is 14.9. The number of thiophene rings is 1. The molecule has 0 unspecified atom stereocenters. The van der Waals surface area contributed by atoms with Crippen molar-refractivity contribution in [3.05, 3.63) is 62.8 Å². The van der Waals surface area contributed by atoms with E-state index in [-0.39, 0.29) is 11.6 Å². The van der Waals surface area contributed by atoms with E-state index < -0.39 is 4.92 Å². The molecule has 9 heteroatoms. The molecule has 0 saturated carbocycles. The van der Waals surface area contributed by atoms with Gasteiger partial charge in [0.1, 0.15) is 16.5 Å². The predicted molar refractivity (Wildman–Crippen MR) is 122 cm³/mol. The normalized spacial score (nSPS) is 14.5. The molecule has 1 saturated heterocycles. The summed E-state index contributed by atoms with van der Waals surface area (Å²) in [6, 6.07) is 8.31. The molecule has 1 aliphatic rings. The van der Waals surface area contributed by atoms with Crippen molar-refractivity contribution in [1.82, 2.24) is 14.9 Å². The number of rotatable bonds is 5. The van der Waals surface area contributed by atoms with E-state index >= 15 is 0 Å². The predicted octanol–water partition coefficient (Wildman–Crippen LogP) is 3.83. The minimum absolute atomic E-state index is 0.0327. The number of nitro benzene ring substituents is 1. The van der Waals surface area contributed by atoms with Gasteiger partial charge >= 0.3 is 0 Å². The van der Waals surface area contributed by atoms with Gasteiger partial charge in [-0.3, -0.25) is 14.9 Å². The third-order valence-corrected chi connectivity index (χ3v) is 6.47. The molecule has 4 rings (SSSR count). The number of nitrogens with zero attached hydrogens (tertiary/aromatic N) is 5. The average molecular weight is 438 g/mol. The molecule has 3 aromatic rings. The first-order valence-electron chi connectivity index (χ1n) is 10.2. The molecular weight excluding hydrogens is 414 g/mol. The Morgan fingerprint density at radius 2 is 1.90 bits per heavy atom. The number of non-ortho nitro benzene ring substituents is 1. The Morgan fingerprint density at radius 3 is 2.55 bits per heavy atom. The maximum Gasteiger partial charge on any atom is 0.269 e. The van der Waals surface area contributed by atoms with Crippen LogP contribution < -0.4 is 4.90 Å². The fourth-order valence-electron chi connectivity index (χ4n) is 3.59. The summed E-state index contributed by atoms with van der Waals surface area (Å²) in [5, 5.41) is 11.8. The standard InChI is InChI=1S/C22H23N5O3S/c1-3-18-14-19-21(23-15(2)24-22(19)31-18)26-12-10-25(11-13-26)20(28)9-6-16-4-7-17(8-5-16)27(29)30/h4-9,14H,3,10-13H2,1-2H3/b9-6+. The molecule has 0 N–H and O–H groups in total. The van der Waals surface area contributed by atoms with Crippen LogP contribution in [0.5, 0.6) is 0 Å². The minimum atomic E-state index is -0.440. The molecule has 0 bridgehead atoms. The largest absolute Gasteiger partial charge is 0.352 e. The summed E-state index contributed by atoms with van der Waals surface area (Å²) in [6.07, 6.45) is 4.19. The molecule has 1 fully saturated rings. The van der Waals surface area contributed by atoms with Crippen molar-refractivity contribution in [1.29, 1.82) is 0 Å². The second kappa shape index (κ2) is 8.81. The van der Waals surface area contributed by atoms with Crippen molar-refractivity contribution in [2.45, 2.75) is 20.3 Å². The number of benzene rings is 1. The van der Waals surface area contributed by atoms with E-state index in [2.05, 4.69) is 22.9 Å². The number of hydrogen-bond donors (Lipinski definition) is 0. The second-order valence-corrected chi connectivity index (χ2v) is 8.49. The molecule has 0 aliphatic carbocycles. The third kappa shape index (κ3) is 4.56. The minimum Gasteiger partial charge on any atom is -0.352 e. The number of hydrogen-bond acceptors (Lipinski definition) is 7. The lowest BCUT2D eigenvalue weighted by Gasteiger charge is -2.35. The van der Waals surface area contributed by atoms with Crippen LogP contribution in [-0.4, -0.2) is 51.9 Å². The smallest absolute Gasteiger partial charge is 0.269 e. The van der Waals surface area contributed by atoms with Gasteiger partial charge in [0.05, 0.1) is 10.3 Å². The van der Waals surface area contributed by atoms with Crippen molar-refractivity contribution in [2.75, 3.05) is 31.1 Å². The number of aryl methyl sites for hydroxylation is 2. The molecule has 0 atom stereocenters. The Labute approximate surface area is 184 Å². The van der Waals surface area contributed by atoms with E-state index in [9.17, 15) is 14.9 Å². The Morgan fingerprint density at radius 1 is 1.19 bits per heavy atom. The molecule has 160 valence electrons. The maximum atomic E-state index is 12.6. The lowest BCUT2D eigenvalue weighted by atomic mass is 10.2. The van der Waals surface area contributed by atoms with Crippen LogP contribution in [0.15, 0.2) is 36.4 Å². The fraction of sp³-hybridized carbons (Fsp3) is 0.318. The zero-order chi connectivity index (χ0) is 22.0. The number of anilines is 1. The van der Waals surface area contributed by atoms with Crippen molar-refractivity contribution in [3.63, 3.8) is 0 Å². The first-order valence-corrected chi connectivity index (χ1v) is 11.0. The van der Waals surface area contributed by atoms with E-state index in [0.717, 1.165) is 33.8 Å². The third-order valence-electron chi connectivity index (χ3n) is 5.30. The van der Waals surface area contributed by atoms with Crippen LogP contribution in [0.1, 0.15) is 23.2 Å². The number of carbonyl (C=O) groups excluding carboxylic acids is 1. The Bertz CT molecular complexity index is 1150. The Hall–Kier alpha value is -3.33. The monoisotopic (exact) mass is 437 g/mol. The number of nitro groups is 1. The van der Waals surface area contributed by atoms with E-state index in [1.807, 2.05) is 11.8 Å². The molecule has 31 heavy (non-hydrogen) atoms. The van der Waals surface area contributed by atoms with Gasteiger partial charge < -0.3 is 9.80 Å². The summed E-state index contributed by atoms with van der Waals surface area (Å²) in [5.41, 5.74) is 0.783. The van der Waals surface area contributed by atoms with E-state index in [1.54, 1.807) is 29.5 Å². The fourth-order valence-corrected chi connectivity index (χ4v) is 4.60. The summed E-state index contributed by atoms with van der Waals surface area (Å²) >= 11 is 1.71. The second-order valence-electron chi connectivity index (χ2n) is 7.37. The van der Waals surface area contributed by atoms with E-state index in [4.69, 9.17) is 4.98 Å². The van der Waals surface area contributed by atoms with Crippen LogP contribution in [0.3, 0.4) is 0 Å². The van der Waals surface area contributed by atoms with Crippen LogP contribution >= 0.6 is 11.3 Å². The topological polar surface area (TPSA) is 92.5 Å². The maximum absolute atomic E-state index is 12.6. The van der Waals surface area contributed by atoms with Crippen LogP contribution in [-0.2, 0) is 11.2 Å². The molecule has 1 aromatic carbocycles. The molecule has 8 nitrogen and oxygen atoms in total. The number of carbonyl (C=O) groups is 1. The van der Waals surface area contributed by atoms with Gasteiger partial charge in [-0.2, -0.15) is 0 Å². The summed E-state index contributed by atoms with van der Waals surface area (Å²) in [6.45, 7) is 6.69. The molecular formula is C22H23N5O3S. The molecule has 3 heterocycles. The summed E-state index contributed by atoms with van der Waals surface area (Å²) < 4.78 is 0. The highest BCUT2D eigenvalue weighted by Crippen LogP contribution is 2.31. The van der Waals surface area contributed by atoms with Gasteiger partial charge in [-0.1, -0.05) is 6.92 Å². The van der Waals surface area contributed by atoms with Crippen molar-refractivity contribution < 1.29 is 9.72 Å². The Balaban J connectivity index is 1.41. The van der Waals surface area contributed by atoms with Gasteiger partial charge in [0.15, 0.2) is 0 Å². The zero-order valence-electron chi connectivity index (χ0n) is 17.4. The van der Waals surface area contributed by atoms with Gasteiger partial charge in [-0.05, 0) is 43.2 Å². The van der Waals surface area contributed by atoms with Crippen LogP contribution in [0, 0.1) is 17.0 Å². The lowest BCUT2D eigenvalue weighted by molar-refractivity contribution is -0.384. The van der Waals surface area contributed by atoms with Crippen molar-refractivity contribution in [3.8, 4) is 0 Å². The van der Waals surface area contributed by atoms with Crippen LogP contribution in [0.4, 0.5) is 11.5 Å². The van der Waals surface area contributed by atoms with E-state index in [0.29, 0.717) is 26.2 Å². The van der Waals surface area contributed by atoms with Crippen LogP contribution in [0.25, 0.3) is 16.3 Å². The van der Waals surface area contributed by atoms with Gasteiger partial charge in [0.2, 0.25) is 5.91 Å². The number of amides is 1. The van der Waals surface area contributed by atoms with Gasteiger partial charge in [0.25, 0.3) is 5.69 Å². The molecule has 0 spiro atoms. The highest BCUT2D eigenvalue weighted by atomic mass is 32.1. The number of fused-ring (bicyclic) bond motifs is 1. The van der Waals surface area contributed by atoms with Gasteiger partial charge in [-0.15, -0.1) is 11.3 Å². The van der Waals surface area contributed by atoms with E-state index in [1.165, 1.54) is 23.1 Å². The molecule has 1 aliphatic heterocycles. The SMILES string of the molecule is CCc1cc2c(N3CCN(C(=O)/C=C/c4ccc([N+](=O)[O-])cc4)CC3)nc(C)nc2s1.